The van der Waals surface area contributed by atoms with E-state index in [2.05, 4.69) is 53.7 Å². The molecule has 0 atom stereocenters. The zero-order valence-electron chi connectivity index (χ0n) is 12.6. The van der Waals surface area contributed by atoms with E-state index >= 15 is 0 Å². The molecule has 0 saturated carbocycles. The van der Waals surface area contributed by atoms with E-state index < -0.39 is 0 Å². The topological polar surface area (TPSA) is 0 Å². The van der Waals surface area contributed by atoms with E-state index in [1.165, 1.54) is 38.9 Å². The maximum atomic E-state index is 2.33. The van der Waals surface area contributed by atoms with Gasteiger partial charge in [-0.1, -0.05) is 26.0 Å². The third-order valence-corrected chi connectivity index (χ3v) is 4.57. The molecule has 96 valence electrons. The summed E-state index contributed by atoms with van der Waals surface area (Å²) in [4.78, 5) is 0. The van der Waals surface area contributed by atoms with Gasteiger partial charge in [0.1, 0.15) is 0 Å². The SMILES string of the molecule is CCc1ccc2c(C)c(C)c(C)c-2c(C)c1CC. The molecule has 2 aliphatic carbocycles. The average Bonchev–Trinajstić information content (AvgIpc) is 2.52. The van der Waals surface area contributed by atoms with E-state index in [9.17, 15) is 0 Å². The van der Waals surface area contributed by atoms with Gasteiger partial charge in [-0.3, -0.25) is 0 Å². The largest absolute Gasteiger partial charge is 0.0613 e. The molecule has 0 heterocycles. The minimum atomic E-state index is 1.12. The molecule has 0 heteroatoms. The maximum absolute atomic E-state index is 2.33. The number of hydrogen-bond acceptors (Lipinski definition) is 0. The summed E-state index contributed by atoms with van der Waals surface area (Å²) < 4.78 is 0. The van der Waals surface area contributed by atoms with Crippen LogP contribution < -0.4 is 0 Å². The van der Waals surface area contributed by atoms with Crippen molar-refractivity contribution in [3.05, 3.63) is 45.5 Å². The van der Waals surface area contributed by atoms with E-state index in [-0.39, 0.29) is 0 Å². The van der Waals surface area contributed by atoms with Gasteiger partial charge < -0.3 is 0 Å². The lowest BCUT2D eigenvalue weighted by atomic mass is 9.96. The predicted octanol–water partition coefficient (Wildman–Crippen LogP) is 5.15. The van der Waals surface area contributed by atoms with Gasteiger partial charge in [-0.15, -0.1) is 0 Å². The number of fused-ring (bicyclic) bond motifs is 1. The van der Waals surface area contributed by atoms with Gasteiger partial charge in [0.2, 0.25) is 0 Å². The number of hydrogen-bond donors (Lipinski definition) is 0. The van der Waals surface area contributed by atoms with Gasteiger partial charge in [-0.05, 0) is 85.0 Å². The van der Waals surface area contributed by atoms with E-state index in [0.29, 0.717) is 0 Å². The molecular weight excluding hydrogens is 216 g/mol. The lowest BCUT2D eigenvalue weighted by Crippen LogP contribution is -1.92. The Labute approximate surface area is 111 Å². The summed E-state index contributed by atoms with van der Waals surface area (Å²) in [5.74, 6) is 0. The van der Waals surface area contributed by atoms with Crippen molar-refractivity contribution >= 4 is 0 Å². The molecule has 0 radical (unpaired) electrons. The van der Waals surface area contributed by atoms with E-state index in [0.717, 1.165) is 12.8 Å². The molecule has 0 fully saturated rings. The highest BCUT2D eigenvalue weighted by Gasteiger charge is 2.18. The zero-order valence-corrected chi connectivity index (χ0v) is 12.6. The van der Waals surface area contributed by atoms with Crippen LogP contribution in [0.2, 0.25) is 0 Å². The van der Waals surface area contributed by atoms with Crippen LogP contribution in [0.25, 0.3) is 11.1 Å². The van der Waals surface area contributed by atoms with Crippen molar-refractivity contribution in [1.82, 2.24) is 0 Å². The summed E-state index contributed by atoms with van der Waals surface area (Å²) in [6.45, 7) is 13.6. The Morgan fingerprint density at radius 1 is 0.722 bits per heavy atom. The first-order valence-electron chi connectivity index (χ1n) is 7.03. The van der Waals surface area contributed by atoms with Crippen molar-refractivity contribution in [3.63, 3.8) is 0 Å². The molecule has 2 rings (SSSR count). The van der Waals surface area contributed by atoms with Gasteiger partial charge >= 0.3 is 0 Å². The summed E-state index contributed by atoms with van der Waals surface area (Å²) in [6.07, 6.45) is 2.25. The van der Waals surface area contributed by atoms with Crippen LogP contribution in [0.5, 0.6) is 0 Å². The third kappa shape index (κ3) is 1.75. The Hall–Kier alpha value is -1.30. The Balaban J connectivity index is 2.92. The fourth-order valence-corrected chi connectivity index (χ4v) is 3.25. The van der Waals surface area contributed by atoms with Gasteiger partial charge in [-0.2, -0.15) is 0 Å². The normalized spacial score (nSPS) is 11.2. The van der Waals surface area contributed by atoms with Crippen molar-refractivity contribution in [2.45, 2.75) is 54.4 Å². The maximum Gasteiger partial charge on any atom is -0.0117 e. The number of aryl methyl sites for hydroxylation is 1. The minimum absolute atomic E-state index is 1.12. The van der Waals surface area contributed by atoms with Crippen molar-refractivity contribution < 1.29 is 0 Å². The first-order valence-corrected chi connectivity index (χ1v) is 7.03. The summed E-state index contributed by atoms with van der Waals surface area (Å²) in [7, 11) is 0. The molecule has 0 spiro atoms. The fourth-order valence-electron chi connectivity index (χ4n) is 3.25. The molecule has 0 saturated heterocycles. The van der Waals surface area contributed by atoms with Crippen LogP contribution in [-0.4, -0.2) is 0 Å². The smallest absolute Gasteiger partial charge is 0.0117 e. The zero-order chi connectivity index (χ0) is 13.4. The molecule has 0 N–H and O–H groups in total. The molecule has 0 aromatic rings. The molecule has 0 aromatic heterocycles. The molecule has 0 nitrogen and oxygen atoms in total. The molecule has 0 unspecified atom stereocenters. The first-order chi connectivity index (χ1) is 8.52. The summed E-state index contributed by atoms with van der Waals surface area (Å²) in [5, 5.41) is 0. The average molecular weight is 240 g/mol. The Bertz CT molecular complexity index is 561. The van der Waals surface area contributed by atoms with Crippen LogP contribution in [-0.2, 0) is 12.8 Å². The quantitative estimate of drug-likeness (QED) is 0.681. The highest BCUT2D eigenvalue weighted by Crippen LogP contribution is 2.39. The molecule has 0 aromatic carbocycles. The standard InChI is InChI=1S/C18H24/c1-7-15-9-10-17-12(4)11(3)13(5)18(17)14(6)16(15)8-2/h9-10H,7-8H2,1-6H3. The van der Waals surface area contributed by atoms with Crippen molar-refractivity contribution in [2.24, 2.45) is 0 Å². The van der Waals surface area contributed by atoms with Gasteiger partial charge in [-0.25, -0.2) is 0 Å². The predicted molar refractivity (Wildman–Crippen MR) is 80.8 cm³/mol. The summed E-state index contributed by atoms with van der Waals surface area (Å²) in [5.41, 5.74) is 11.8. The van der Waals surface area contributed by atoms with Crippen LogP contribution in [0.1, 0.15) is 47.2 Å². The van der Waals surface area contributed by atoms with Crippen molar-refractivity contribution in [3.8, 4) is 11.1 Å². The van der Waals surface area contributed by atoms with E-state index in [4.69, 9.17) is 0 Å². The molecule has 2 aliphatic rings. The minimum Gasteiger partial charge on any atom is -0.0613 e. The van der Waals surface area contributed by atoms with Crippen LogP contribution in [0.3, 0.4) is 0 Å². The second-order valence-electron chi connectivity index (χ2n) is 5.33. The van der Waals surface area contributed by atoms with E-state index in [1.807, 2.05) is 0 Å². The van der Waals surface area contributed by atoms with Crippen LogP contribution in [0.4, 0.5) is 0 Å². The highest BCUT2D eigenvalue weighted by molar-refractivity contribution is 5.80. The van der Waals surface area contributed by atoms with Crippen LogP contribution in [0, 0.1) is 27.7 Å². The van der Waals surface area contributed by atoms with Crippen molar-refractivity contribution in [2.75, 3.05) is 0 Å². The van der Waals surface area contributed by atoms with Gasteiger partial charge in [0, 0.05) is 0 Å². The summed E-state index contributed by atoms with van der Waals surface area (Å²) in [6, 6.07) is 4.66. The monoisotopic (exact) mass is 240 g/mol. The summed E-state index contributed by atoms with van der Waals surface area (Å²) >= 11 is 0. The third-order valence-electron chi connectivity index (χ3n) is 4.57. The van der Waals surface area contributed by atoms with Gasteiger partial charge in [0.15, 0.2) is 0 Å². The van der Waals surface area contributed by atoms with Crippen molar-refractivity contribution in [1.29, 1.82) is 0 Å². The first kappa shape index (κ1) is 13.1. The van der Waals surface area contributed by atoms with Gasteiger partial charge in [0.05, 0.1) is 0 Å². The molecule has 0 aliphatic heterocycles. The Morgan fingerprint density at radius 3 is 1.94 bits per heavy atom. The van der Waals surface area contributed by atoms with Crippen LogP contribution >= 0.6 is 0 Å². The second kappa shape index (κ2) is 4.76. The fraction of sp³-hybridized carbons (Fsp3) is 0.444. The lowest BCUT2D eigenvalue weighted by Gasteiger charge is -2.08. The Kier molecular flexibility index (Phi) is 3.47. The van der Waals surface area contributed by atoms with Gasteiger partial charge in [0.25, 0.3) is 0 Å². The second-order valence-corrected chi connectivity index (χ2v) is 5.33. The molecular formula is C18H24. The number of rotatable bonds is 2. The molecule has 18 heavy (non-hydrogen) atoms. The van der Waals surface area contributed by atoms with Crippen LogP contribution in [0.15, 0.2) is 12.1 Å². The Morgan fingerprint density at radius 2 is 1.39 bits per heavy atom. The highest BCUT2D eigenvalue weighted by atomic mass is 14.2. The molecule has 0 amide bonds. The lowest BCUT2D eigenvalue weighted by molar-refractivity contribution is 1.03. The molecule has 0 bridgehead atoms. The van der Waals surface area contributed by atoms with E-state index in [1.54, 1.807) is 5.56 Å².